The van der Waals surface area contributed by atoms with E-state index in [0.717, 1.165) is 22.8 Å². The van der Waals surface area contributed by atoms with E-state index in [-0.39, 0.29) is 53.5 Å². The number of aromatic nitrogens is 4. The molecule has 0 saturated carbocycles. The van der Waals surface area contributed by atoms with Crippen LogP contribution in [0.5, 0.6) is 0 Å². The van der Waals surface area contributed by atoms with Crippen LogP contribution in [0.2, 0.25) is 0 Å². The van der Waals surface area contributed by atoms with Crippen molar-refractivity contribution in [2.24, 2.45) is 5.73 Å². The molecule has 0 spiro atoms. The zero-order chi connectivity index (χ0) is 18.0. The number of nitrogens with zero attached hydrogens (tertiary/aromatic N) is 4. The van der Waals surface area contributed by atoms with Gasteiger partial charge >= 0.3 is 11.9 Å². The van der Waals surface area contributed by atoms with Crippen molar-refractivity contribution in [3.05, 3.63) is 40.4 Å². The fourth-order valence-corrected chi connectivity index (χ4v) is 2.09. The first-order valence-corrected chi connectivity index (χ1v) is 6.95. The summed E-state index contributed by atoms with van der Waals surface area (Å²) in [6.07, 6.45) is -4.57. The van der Waals surface area contributed by atoms with Gasteiger partial charge in [0, 0.05) is 13.1 Å². The lowest BCUT2D eigenvalue weighted by molar-refractivity contribution is -0.137. The minimum atomic E-state index is -4.57. The number of anilines is 1. The largest absolute Gasteiger partial charge is 0.446 e. The summed E-state index contributed by atoms with van der Waals surface area (Å²) in [5.74, 6) is -1.02. The van der Waals surface area contributed by atoms with Gasteiger partial charge in [-0.2, -0.15) is 13.2 Å². The Morgan fingerprint density at radius 2 is 2.00 bits per heavy atom. The number of hydrogen-bond acceptors (Lipinski definition) is 8. The molecule has 3 rings (SSSR count). The summed E-state index contributed by atoms with van der Waals surface area (Å²) in [5.41, 5.74) is 4.36. The fourth-order valence-electron chi connectivity index (χ4n) is 2.09. The molecule has 3 aromatic rings. The Bertz CT molecular complexity index is 936. The van der Waals surface area contributed by atoms with Crippen LogP contribution in [0.1, 0.15) is 5.56 Å². The Morgan fingerprint density at radius 3 is 2.69 bits per heavy atom. The highest BCUT2D eigenvalue weighted by molar-refractivity contribution is 14.0. The summed E-state index contributed by atoms with van der Waals surface area (Å²) in [4.78, 5) is 12.0. The van der Waals surface area contributed by atoms with Crippen LogP contribution in [0, 0.1) is 0 Å². The van der Waals surface area contributed by atoms with Gasteiger partial charge in [-0.15, -0.1) is 24.0 Å². The van der Waals surface area contributed by atoms with Crippen LogP contribution < -0.4 is 16.8 Å². The Hall–Kier alpha value is -2.42. The Morgan fingerprint density at radius 1 is 1.23 bits per heavy atom. The van der Waals surface area contributed by atoms with Crippen LogP contribution in [0.3, 0.4) is 0 Å². The van der Waals surface area contributed by atoms with Crippen LogP contribution in [-0.2, 0) is 6.18 Å². The van der Waals surface area contributed by atoms with Crippen molar-refractivity contribution in [1.29, 1.82) is 0 Å². The first kappa shape index (κ1) is 19.9. The molecule has 0 aliphatic heterocycles. The Kier molecular flexibility index (Phi) is 6.01. The molecule has 0 aliphatic carbocycles. The molecule has 0 fully saturated rings. The third-order valence-corrected chi connectivity index (χ3v) is 3.17. The van der Waals surface area contributed by atoms with Crippen LogP contribution >= 0.6 is 24.0 Å². The molecule has 0 atom stereocenters. The monoisotopic (exact) mass is 484 g/mol. The quantitative estimate of drug-likeness (QED) is 0.527. The van der Waals surface area contributed by atoms with Crippen molar-refractivity contribution in [2.45, 2.75) is 6.18 Å². The lowest BCUT2D eigenvalue weighted by Gasteiger charge is -2.09. The van der Waals surface area contributed by atoms with Crippen molar-refractivity contribution in [1.82, 2.24) is 20.0 Å². The maximum atomic E-state index is 12.9. The second kappa shape index (κ2) is 7.86. The number of benzene rings is 1. The smallest absolute Gasteiger partial charge is 0.364 e. The van der Waals surface area contributed by atoms with E-state index in [1.807, 2.05) is 0 Å². The van der Waals surface area contributed by atoms with E-state index in [1.54, 1.807) is 0 Å². The lowest BCUT2D eigenvalue weighted by Crippen LogP contribution is -2.16. The van der Waals surface area contributed by atoms with Gasteiger partial charge < -0.3 is 11.1 Å². The summed E-state index contributed by atoms with van der Waals surface area (Å²) < 4.78 is 48.7. The predicted molar refractivity (Wildman–Crippen MR) is 93.4 cm³/mol. The molecule has 2 heterocycles. The van der Waals surface area contributed by atoms with Gasteiger partial charge in [0.05, 0.1) is 11.3 Å². The maximum Gasteiger partial charge on any atom is 0.446 e. The van der Waals surface area contributed by atoms with Crippen LogP contribution in [0.25, 0.3) is 17.2 Å². The number of hydrogen-bond donors (Lipinski definition) is 2. The van der Waals surface area contributed by atoms with E-state index >= 15 is 0 Å². The third kappa shape index (κ3) is 3.87. The zero-order valence-electron chi connectivity index (χ0n) is 12.9. The topological polar surface area (TPSA) is 125 Å². The molecule has 26 heavy (non-hydrogen) atoms. The van der Waals surface area contributed by atoms with Gasteiger partial charge in [-0.3, -0.25) is 4.52 Å². The van der Waals surface area contributed by atoms with Crippen LogP contribution in [-0.4, -0.2) is 33.1 Å². The second-order valence-corrected chi connectivity index (χ2v) is 4.83. The van der Waals surface area contributed by atoms with Crippen molar-refractivity contribution in [3.8, 4) is 17.2 Å². The molecule has 0 amide bonds. The van der Waals surface area contributed by atoms with E-state index in [9.17, 15) is 18.0 Å². The highest BCUT2D eigenvalue weighted by Crippen LogP contribution is 2.31. The summed E-state index contributed by atoms with van der Waals surface area (Å²) in [5, 5.41) is 13.6. The normalized spacial score (nSPS) is 11.2. The zero-order valence-corrected chi connectivity index (χ0v) is 15.2. The van der Waals surface area contributed by atoms with Crippen LogP contribution in [0.4, 0.5) is 19.0 Å². The van der Waals surface area contributed by atoms with Gasteiger partial charge in [0.1, 0.15) is 0 Å². The first-order chi connectivity index (χ1) is 11.9. The minimum absolute atomic E-state index is 0. The number of nitrogens with two attached hydrogens (primary N) is 1. The van der Waals surface area contributed by atoms with E-state index in [4.69, 9.17) is 5.73 Å². The van der Waals surface area contributed by atoms with Crippen molar-refractivity contribution in [2.75, 3.05) is 18.4 Å². The first-order valence-electron chi connectivity index (χ1n) is 6.95. The molecular weight excluding hydrogens is 472 g/mol. The number of rotatable bonds is 5. The second-order valence-electron chi connectivity index (χ2n) is 4.83. The molecular formula is C13H12F3IN6O3. The van der Waals surface area contributed by atoms with Gasteiger partial charge in [-0.05, 0) is 28.5 Å². The average molecular weight is 484 g/mol. The van der Waals surface area contributed by atoms with E-state index < -0.39 is 17.5 Å². The fraction of sp³-hybridized carbons (Fsp3) is 0.231. The molecule has 0 aliphatic rings. The molecule has 1 aromatic carbocycles. The van der Waals surface area contributed by atoms with E-state index in [2.05, 4.69) is 29.9 Å². The SMILES string of the molecule is I.NCCNc1nonc1-c1noc(=O)n1-c1cccc(C(F)(F)F)c1. The average Bonchev–Trinajstić information content (AvgIpc) is 3.18. The van der Waals surface area contributed by atoms with Gasteiger partial charge in [-0.25, -0.2) is 14.0 Å². The standard InChI is InChI=1S/C13H11F3N6O3.HI/c14-13(15,16)7-2-1-3-8(6-7)22-11(21-24-12(22)23)9-10(18-5-4-17)20-25-19-9;/h1-3,6H,4-5,17H2,(H,18,20);1H. The lowest BCUT2D eigenvalue weighted by atomic mass is 10.2. The molecule has 0 bridgehead atoms. The highest BCUT2D eigenvalue weighted by Gasteiger charge is 2.31. The number of nitrogens with one attached hydrogen (secondary N) is 1. The summed E-state index contributed by atoms with van der Waals surface area (Å²) in [7, 11) is 0. The molecule has 140 valence electrons. The minimum Gasteiger partial charge on any atom is -0.364 e. The van der Waals surface area contributed by atoms with Crippen molar-refractivity contribution in [3.63, 3.8) is 0 Å². The maximum absolute atomic E-state index is 12.9. The molecule has 13 heteroatoms. The van der Waals surface area contributed by atoms with E-state index in [1.165, 1.54) is 6.07 Å². The van der Waals surface area contributed by atoms with Gasteiger partial charge in [-0.1, -0.05) is 11.2 Å². The predicted octanol–water partition coefficient (Wildman–Crippen LogP) is 1.88. The van der Waals surface area contributed by atoms with Gasteiger partial charge in [0.2, 0.25) is 11.6 Å². The Balaban J connectivity index is 0.00000243. The third-order valence-electron chi connectivity index (χ3n) is 3.17. The van der Waals surface area contributed by atoms with Crippen LogP contribution in [0.15, 0.2) is 38.2 Å². The molecule has 9 nitrogen and oxygen atoms in total. The highest BCUT2D eigenvalue weighted by atomic mass is 127. The van der Waals surface area contributed by atoms with Gasteiger partial charge in [0.15, 0.2) is 5.69 Å². The van der Waals surface area contributed by atoms with Crippen molar-refractivity contribution < 1.29 is 22.3 Å². The summed E-state index contributed by atoms with van der Waals surface area (Å²) in [6.45, 7) is 0.610. The number of halogens is 4. The molecule has 0 radical (unpaired) electrons. The van der Waals surface area contributed by atoms with Gasteiger partial charge in [0.25, 0.3) is 0 Å². The van der Waals surface area contributed by atoms with Crippen molar-refractivity contribution >= 4 is 29.8 Å². The number of alkyl halides is 3. The summed E-state index contributed by atoms with van der Waals surface area (Å²) >= 11 is 0. The summed E-state index contributed by atoms with van der Waals surface area (Å²) in [6, 6.07) is 4.14. The molecule has 0 saturated heterocycles. The molecule has 2 aromatic heterocycles. The molecule has 0 unspecified atom stereocenters. The molecule has 3 N–H and O–H groups in total. The Labute approximate surface area is 160 Å². The van der Waals surface area contributed by atoms with E-state index in [0.29, 0.717) is 6.54 Å².